The quantitative estimate of drug-likeness (QED) is 0.692. The molecule has 1 saturated heterocycles. The SMILES string of the molecule is CC1(C)CC2(C1)NCC(C1CC1)CO2. The molecule has 2 heteroatoms. The summed E-state index contributed by atoms with van der Waals surface area (Å²) in [4.78, 5) is 0. The fourth-order valence-electron chi connectivity index (χ4n) is 3.29. The lowest BCUT2D eigenvalue weighted by molar-refractivity contribution is -0.208. The Morgan fingerprint density at radius 1 is 1.14 bits per heavy atom. The van der Waals surface area contributed by atoms with E-state index in [9.17, 15) is 0 Å². The minimum Gasteiger partial charge on any atom is -0.360 e. The first-order valence-corrected chi connectivity index (χ1v) is 5.98. The lowest BCUT2D eigenvalue weighted by Gasteiger charge is -2.56. The standard InChI is InChI=1S/C12H21NO/c1-11(2)7-12(8-11)13-5-10(6-14-12)9-3-4-9/h9-10,13H,3-8H2,1-2H3. The Balaban J connectivity index is 1.56. The van der Waals surface area contributed by atoms with E-state index in [-0.39, 0.29) is 5.72 Å². The van der Waals surface area contributed by atoms with Gasteiger partial charge in [-0.3, -0.25) is 5.32 Å². The van der Waals surface area contributed by atoms with E-state index in [1.54, 1.807) is 0 Å². The van der Waals surface area contributed by atoms with Crippen LogP contribution in [0.2, 0.25) is 0 Å². The molecule has 0 bridgehead atoms. The smallest absolute Gasteiger partial charge is 0.120 e. The van der Waals surface area contributed by atoms with Gasteiger partial charge in [-0.25, -0.2) is 0 Å². The highest BCUT2D eigenvalue weighted by Crippen LogP contribution is 2.50. The third-order valence-electron chi connectivity index (χ3n) is 4.08. The molecule has 3 fully saturated rings. The van der Waals surface area contributed by atoms with E-state index in [0.717, 1.165) is 18.4 Å². The van der Waals surface area contributed by atoms with Gasteiger partial charge in [0.05, 0.1) is 6.61 Å². The zero-order chi connectivity index (χ0) is 9.81. The van der Waals surface area contributed by atoms with Crippen molar-refractivity contribution in [3.63, 3.8) is 0 Å². The van der Waals surface area contributed by atoms with Crippen LogP contribution in [0, 0.1) is 17.3 Å². The first kappa shape index (κ1) is 9.17. The Bertz CT molecular complexity index is 227. The molecule has 0 aromatic carbocycles. The minimum absolute atomic E-state index is 0.0783. The van der Waals surface area contributed by atoms with Crippen LogP contribution < -0.4 is 5.32 Å². The molecule has 3 rings (SSSR count). The van der Waals surface area contributed by atoms with Crippen molar-refractivity contribution >= 4 is 0 Å². The van der Waals surface area contributed by atoms with Crippen molar-refractivity contribution in [1.82, 2.24) is 5.32 Å². The zero-order valence-electron chi connectivity index (χ0n) is 9.31. The van der Waals surface area contributed by atoms with Gasteiger partial charge in [-0.2, -0.15) is 0 Å². The maximum Gasteiger partial charge on any atom is 0.120 e. The Labute approximate surface area is 86.4 Å². The maximum atomic E-state index is 6.04. The summed E-state index contributed by atoms with van der Waals surface area (Å²) in [6, 6.07) is 0. The van der Waals surface area contributed by atoms with Gasteiger partial charge in [-0.15, -0.1) is 0 Å². The van der Waals surface area contributed by atoms with Gasteiger partial charge in [0.15, 0.2) is 0 Å². The molecule has 0 amide bonds. The molecule has 1 unspecified atom stereocenters. The summed E-state index contributed by atoms with van der Waals surface area (Å²) in [7, 11) is 0. The molecule has 3 aliphatic rings. The van der Waals surface area contributed by atoms with Gasteiger partial charge < -0.3 is 4.74 Å². The summed E-state index contributed by atoms with van der Waals surface area (Å²) in [6.45, 7) is 6.86. The van der Waals surface area contributed by atoms with Crippen molar-refractivity contribution in [3.8, 4) is 0 Å². The van der Waals surface area contributed by atoms with Crippen LogP contribution in [0.3, 0.4) is 0 Å². The Kier molecular flexibility index (Phi) is 1.79. The predicted octanol–water partition coefficient (Wildman–Crippen LogP) is 2.15. The highest BCUT2D eigenvalue weighted by Gasteiger charge is 2.52. The van der Waals surface area contributed by atoms with Crippen LogP contribution in [0.5, 0.6) is 0 Å². The molecule has 0 aromatic heterocycles. The van der Waals surface area contributed by atoms with Crippen molar-refractivity contribution in [1.29, 1.82) is 0 Å². The summed E-state index contributed by atoms with van der Waals surface area (Å²) >= 11 is 0. The van der Waals surface area contributed by atoms with E-state index in [1.165, 1.54) is 32.2 Å². The average Bonchev–Trinajstić information content (AvgIpc) is 2.85. The molecular weight excluding hydrogens is 174 g/mol. The third kappa shape index (κ3) is 1.49. The van der Waals surface area contributed by atoms with Gasteiger partial charge in [0.25, 0.3) is 0 Å². The van der Waals surface area contributed by atoms with Gasteiger partial charge in [-0.05, 0) is 42.9 Å². The molecule has 14 heavy (non-hydrogen) atoms. The van der Waals surface area contributed by atoms with Crippen LogP contribution in [0.15, 0.2) is 0 Å². The Hall–Kier alpha value is -0.0800. The molecule has 2 saturated carbocycles. The number of hydrogen-bond acceptors (Lipinski definition) is 2. The highest BCUT2D eigenvalue weighted by atomic mass is 16.5. The topological polar surface area (TPSA) is 21.3 Å². The molecule has 80 valence electrons. The van der Waals surface area contributed by atoms with E-state index >= 15 is 0 Å². The number of ether oxygens (including phenoxy) is 1. The van der Waals surface area contributed by atoms with Crippen LogP contribution in [0.25, 0.3) is 0 Å². The van der Waals surface area contributed by atoms with E-state index in [2.05, 4.69) is 19.2 Å². The number of nitrogens with one attached hydrogen (secondary N) is 1. The maximum absolute atomic E-state index is 6.04. The van der Waals surface area contributed by atoms with E-state index in [1.807, 2.05) is 0 Å². The second-order valence-electron chi connectivity index (χ2n) is 6.30. The average molecular weight is 195 g/mol. The molecular formula is C12H21NO. The second kappa shape index (κ2) is 2.73. The fourth-order valence-corrected chi connectivity index (χ4v) is 3.29. The summed E-state index contributed by atoms with van der Waals surface area (Å²) in [5, 5.41) is 3.64. The molecule has 0 radical (unpaired) electrons. The molecule has 1 spiro atoms. The lowest BCUT2D eigenvalue weighted by Crippen LogP contribution is -2.64. The monoisotopic (exact) mass is 195 g/mol. The Morgan fingerprint density at radius 2 is 1.86 bits per heavy atom. The van der Waals surface area contributed by atoms with Crippen LogP contribution in [-0.2, 0) is 4.74 Å². The van der Waals surface area contributed by atoms with Gasteiger partial charge in [0.1, 0.15) is 5.72 Å². The molecule has 1 aliphatic heterocycles. The molecule has 1 N–H and O–H groups in total. The fraction of sp³-hybridized carbons (Fsp3) is 1.00. The van der Waals surface area contributed by atoms with Gasteiger partial charge >= 0.3 is 0 Å². The van der Waals surface area contributed by atoms with E-state index in [4.69, 9.17) is 4.74 Å². The van der Waals surface area contributed by atoms with Gasteiger partial charge in [0, 0.05) is 6.54 Å². The predicted molar refractivity (Wildman–Crippen MR) is 55.9 cm³/mol. The summed E-state index contributed by atoms with van der Waals surface area (Å²) in [5.74, 6) is 1.79. The molecule has 1 heterocycles. The summed E-state index contributed by atoms with van der Waals surface area (Å²) < 4.78 is 6.04. The van der Waals surface area contributed by atoms with Crippen LogP contribution >= 0.6 is 0 Å². The first-order valence-electron chi connectivity index (χ1n) is 5.98. The first-order chi connectivity index (χ1) is 6.59. The van der Waals surface area contributed by atoms with Crippen molar-refractivity contribution in [2.45, 2.75) is 45.3 Å². The number of rotatable bonds is 1. The molecule has 2 aliphatic carbocycles. The van der Waals surface area contributed by atoms with Gasteiger partial charge in [-0.1, -0.05) is 13.8 Å². The van der Waals surface area contributed by atoms with Crippen molar-refractivity contribution in [3.05, 3.63) is 0 Å². The highest BCUT2D eigenvalue weighted by molar-refractivity contribution is 5.02. The summed E-state index contributed by atoms with van der Waals surface area (Å²) in [6.07, 6.45) is 5.26. The summed E-state index contributed by atoms with van der Waals surface area (Å²) in [5.41, 5.74) is 0.578. The molecule has 1 atom stereocenters. The molecule has 2 nitrogen and oxygen atoms in total. The van der Waals surface area contributed by atoms with Crippen LogP contribution in [-0.4, -0.2) is 18.9 Å². The van der Waals surface area contributed by atoms with E-state index < -0.39 is 0 Å². The van der Waals surface area contributed by atoms with Crippen LogP contribution in [0.1, 0.15) is 39.5 Å². The van der Waals surface area contributed by atoms with Gasteiger partial charge in [0.2, 0.25) is 0 Å². The Morgan fingerprint density at radius 3 is 2.29 bits per heavy atom. The largest absolute Gasteiger partial charge is 0.360 e. The van der Waals surface area contributed by atoms with E-state index in [0.29, 0.717) is 5.41 Å². The number of hydrogen-bond donors (Lipinski definition) is 1. The third-order valence-corrected chi connectivity index (χ3v) is 4.08. The van der Waals surface area contributed by atoms with Crippen molar-refractivity contribution in [2.75, 3.05) is 13.2 Å². The lowest BCUT2D eigenvalue weighted by atomic mass is 9.65. The van der Waals surface area contributed by atoms with Crippen molar-refractivity contribution in [2.24, 2.45) is 17.3 Å². The molecule has 0 aromatic rings. The second-order valence-corrected chi connectivity index (χ2v) is 6.30. The van der Waals surface area contributed by atoms with Crippen LogP contribution in [0.4, 0.5) is 0 Å². The minimum atomic E-state index is 0.0783. The van der Waals surface area contributed by atoms with Crippen molar-refractivity contribution < 1.29 is 4.74 Å². The zero-order valence-corrected chi connectivity index (χ0v) is 9.31. The normalized spacial score (nSPS) is 39.4.